The zero-order valence-corrected chi connectivity index (χ0v) is 23.8. The van der Waals surface area contributed by atoms with Crippen molar-refractivity contribution < 1.29 is 28.6 Å². The molecule has 4 amide bonds. The van der Waals surface area contributed by atoms with Crippen LogP contribution in [0.1, 0.15) is 16.7 Å². The number of aryl methyl sites for hydroxylation is 1. The van der Waals surface area contributed by atoms with Crippen molar-refractivity contribution in [3.8, 4) is 17.2 Å². The number of carbonyl (C=O) groups is 3. The predicted molar refractivity (Wildman–Crippen MR) is 158 cm³/mol. The van der Waals surface area contributed by atoms with E-state index in [1.165, 1.54) is 32.4 Å². The van der Waals surface area contributed by atoms with E-state index in [1.807, 2.05) is 37.3 Å². The van der Waals surface area contributed by atoms with Gasteiger partial charge in [0.05, 0.1) is 30.0 Å². The molecule has 4 aromatic carbocycles. The smallest absolute Gasteiger partial charge is 0.336 e. The van der Waals surface area contributed by atoms with Crippen LogP contribution in [-0.4, -0.2) is 32.1 Å². The molecule has 0 atom stereocenters. The normalized spacial score (nSPS) is 14.4. The molecule has 10 heteroatoms. The van der Waals surface area contributed by atoms with Gasteiger partial charge in [-0.25, -0.2) is 9.69 Å². The van der Waals surface area contributed by atoms with E-state index in [0.29, 0.717) is 17.9 Å². The number of fused-ring (bicyclic) bond motifs is 1. The lowest BCUT2D eigenvalue weighted by molar-refractivity contribution is -0.122. The van der Waals surface area contributed by atoms with Crippen LogP contribution in [0.15, 0.2) is 72.3 Å². The van der Waals surface area contributed by atoms with Crippen LogP contribution in [0.3, 0.4) is 0 Å². The molecule has 4 aromatic rings. The minimum absolute atomic E-state index is 0.0557. The number of hydrogen-bond donors (Lipinski definition) is 1. The van der Waals surface area contributed by atoms with Crippen molar-refractivity contribution >= 4 is 63.6 Å². The molecular formula is C31H24Cl2N2O6. The molecule has 0 aliphatic carbocycles. The molecule has 0 saturated carbocycles. The summed E-state index contributed by atoms with van der Waals surface area (Å²) in [7, 11) is 2.76. The van der Waals surface area contributed by atoms with E-state index in [4.69, 9.17) is 37.4 Å². The summed E-state index contributed by atoms with van der Waals surface area (Å²) in [6.45, 7) is 2.33. The zero-order valence-electron chi connectivity index (χ0n) is 22.3. The molecular weight excluding hydrogens is 567 g/mol. The van der Waals surface area contributed by atoms with E-state index in [9.17, 15) is 14.4 Å². The van der Waals surface area contributed by atoms with Gasteiger partial charge in [-0.05, 0) is 47.0 Å². The average molecular weight is 591 g/mol. The van der Waals surface area contributed by atoms with Gasteiger partial charge < -0.3 is 14.2 Å². The van der Waals surface area contributed by atoms with Crippen molar-refractivity contribution in [3.05, 3.63) is 99.0 Å². The van der Waals surface area contributed by atoms with Crippen molar-refractivity contribution in [2.75, 3.05) is 19.1 Å². The summed E-state index contributed by atoms with van der Waals surface area (Å²) in [4.78, 5) is 39.7. The van der Waals surface area contributed by atoms with Crippen molar-refractivity contribution in [1.82, 2.24) is 5.32 Å². The molecule has 1 N–H and O–H groups in total. The third-order valence-electron chi connectivity index (χ3n) is 6.71. The highest BCUT2D eigenvalue weighted by atomic mass is 35.5. The van der Waals surface area contributed by atoms with Gasteiger partial charge in [0.15, 0.2) is 0 Å². The molecule has 0 radical (unpaired) electrons. The number of rotatable bonds is 7. The Labute approximate surface area is 246 Å². The van der Waals surface area contributed by atoms with Gasteiger partial charge >= 0.3 is 6.03 Å². The summed E-state index contributed by atoms with van der Waals surface area (Å²) in [5.41, 5.74) is 2.37. The molecule has 0 bridgehead atoms. The summed E-state index contributed by atoms with van der Waals surface area (Å²) in [6, 6.07) is 18.9. The van der Waals surface area contributed by atoms with Gasteiger partial charge in [-0.1, -0.05) is 65.7 Å². The van der Waals surface area contributed by atoms with Crippen LogP contribution >= 0.6 is 23.2 Å². The molecule has 1 aliphatic heterocycles. The number of hydrogen-bond acceptors (Lipinski definition) is 6. The Balaban J connectivity index is 1.42. The van der Waals surface area contributed by atoms with E-state index in [-0.39, 0.29) is 32.8 Å². The summed E-state index contributed by atoms with van der Waals surface area (Å²) in [5.74, 6) is -0.913. The minimum Gasteiger partial charge on any atom is -0.495 e. The number of nitrogens with zero attached hydrogens (tertiary/aromatic N) is 1. The Morgan fingerprint density at radius 2 is 1.59 bits per heavy atom. The van der Waals surface area contributed by atoms with Gasteiger partial charge in [0.1, 0.15) is 29.4 Å². The first-order chi connectivity index (χ1) is 19.7. The number of ether oxygens (including phenoxy) is 3. The first kappa shape index (κ1) is 28.0. The van der Waals surface area contributed by atoms with Crippen LogP contribution in [0.2, 0.25) is 10.0 Å². The third kappa shape index (κ3) is 5.44. The summed E-state index contributed by atoms with van der Waals surface area (Å²) < 4.78 is 16.6. The molecule has 5 rings (SSSR count). The van der Waals surface area contributed by atoms with E-state index in [2.05, 4.69) is 11.4 Å². The molecule has 1 fully saturated rings. The highest BCUT2D eigenvalue weighted by Crippen LogP contribution is 2.39. The average Bonchev–Trinajstić information content (AvgIpc) is 2.96. The summed E-state index contributed by atoms with van der Waals surface area (Å²) >= 11 is 12.7. The highest BCUT2D eigenvalue weighted by molar-refractivity contribution is 6.40. The molecule has 208 valence electrons. The number of methoxy groups -OCH3 is 2. The lowest BCUT2D eigenvalue weighted by Crippen LogP contribution is -2.54. The number of barbiturate groups is 1. The summed E-state index contributed by atoms with van der Waals surface area (Å²) in [6.07, 6.45) is 1.35. The van der Waals surface area contributed by atoms with Crippen LogP contribution in [0.25, 0.3) is 16.8 Å². The SMILES string of the molecule is COc1cc(N2C(=O)NC(=O)/C(=C\c3ccc(OCc4c(C)ccc5ccccc45)c(Cl)c3)C2=O)c(OC)cc1Cl. The maximum atomic E-state index is 13.4. The van der Waals surface area contributed by atoms with Crippen LogP contribution in [0, 0.1) is 6.92 Å². The van der Waals surface area contributed by atoms with Gasteiger partial charge in [-0.3, -0.25) is 14.9 Å². The second-order valence-corrected chi connectivity index (χ2v) is 9.99. The van der Waals surface area contributed by atoms with Gasteiger partial charge in [-0.2, -0.15) is 0 Å². The molecule has 1 aliphatic rings. The number of anilines is 1. The Bertz CT molecular complexity index is 1750. The zero-order chi connectivity index (χ0) is 29.3. The molecule has 1 saturated heterocycles. The number of imide groups is 2. The number of amides is 4. The molecule has 1 heterocycles. The quantitative estimate of drug-likeness (QED) is 0.190. The van der Waals surface area contributed by atoms with Gasteiger partial charge in [-0.15, -0.1) is 0 Å². The Morgan fingerprint density at radius 1 is 0.854 bits per heavy atom. The largest absolute Gasteiger partial charge is 0.495 e. The second kappa shape index (κ2) is 11.5. The topological polar surface area (TPSA) is 94.2 Å². The number of nitrogens with one attached hydrogen (secondary N) is 1. The molecule has 0 unspecified atom stereocenters. The number of benzene rings is 4. The van der Waals surface area contributed by atoms with Crippen molar-refractivity contribution in [2.45, 2.75) is 13.5 Å². The van der Waals surface area contributed by atoms with Gasteiger partial charge in [0, 0.05) is 17.7 Å². The first-order valence-electron chi connectivity index (χ1n) is 12.4. The maximum Gasteiger partial charge on any atom is 0.336 e. The number of urea groups is 1. The number of carbonyl (C=O) groups excluding carboxylic acids is 3. The Kier molecular flexibility index (Phi) is 7.88. The Morgan fingerprint density at radius 3 is 2.32 bits per heavy atom. The molecule has 0 spiro atoms. The standard InChI is InChI=1S/C31H24Cl2N2O6/c1-17-8-10-19-6-4-5-7-20(19)22(17)16-41-26-11-9-18(13-23(26)32)12-21-29(36)34-31(38)35(30(21)37)25-15-27(39-2)24(33)14-28(25)40-3/h4-15H,16H2,1-3H3,(H,34,36,38)/b21-12+. The minimum atomic E-state index is -0.940. The van der Waals surface area contributed by atoms with E-state index in [1.54, 1.807) is 18.2 Å². The third-order valence-corrected chi connectivity index (χ3v) is 7.30. The molecule has 0 aromatic heterocycles. The fourth-order valence-electron chi connectivity index (χ4n) is 4.57. The van der Waals surface area contributed by atoms with Crippen molar-refractivity contribution in [2.24, 2.45) is 0 Å². The van der Waals surface area contributed by atoms with Crippen molar-refractivity contribution in [3.63, 3.8) is 0 Å². The second-order valence-electron chi connectivity index (χ2n) is 9.18. The van der Waals surface area contributed by atoms with Crippen LogP contribution in [0.4, 0.5) is 10.5 Å². The first-order valence-corrected chi connectivity index (χ1v) is 13.2. The van der Waals surface area contributed by atoms with Gasteiger partial charge in [0.2, 0.25) is 0 Å². The van der Waals surface area contributed by atoms with Crippen LogP contribution < -0.4 is 24.4 Å². The van der Waals surface area contributed by atoms with E-state index < -0.39 is 17.8 Å². The lowest BCUT2D eigenvalue weighted by Gasteiger charge is -2.28. The molecule has 41 heavy (non-hydrogen) atoms. The van der Waals surface area contributed by atoms with Crippen LogP contribution in [-0.2, 0) is 16.2 Å². The summed E-state index contributed by atoms with van der Waals surface area (Å²) in [5, 5.41) is 4.91. The maximum absolute atomic E-state index is 13.4. The van der Waals surface area contributed by atoms with Crippen molar-refractivity contribution in [1.29, 1.82) is 0 Å². The van der Waals surface area contributed by atoms with E-state index in [0.717, 1.165) is 26.8 Å². The lowest BCUT2D eigenvalue weighted by atomic mass is 10.0. The van der Waals surface area contributed by atoms with Gasteiger partial charge in [0.25, 0.3) is 11.8 Å². The Hall–Kier alpha value is -4.53. The molecule has 8 nitrogen and oxygen atoms in total. The predicted octanol–water partition coefficient (Wildman–Crippen LogP) is 6.72. The monoisotopic (exact) mass is 590 g/mol. The number of halogens is 2. The highest BCUT2D eigenvalue weighted by Gasteiger charge is 2.38. The fourth-order valence-corrected chi connectivity index (χ4v) is 5.05. The fraction of sp³-hybridized carbons (Fsp3) is 0.129. The van der Waals surface area contributed by atoms with E-state index >= 15 is 0 Å². The van der Waals surface area contributed by atoms with Crippen LogP contribution in [0.5, 0.6) is 17.2 Å².